The van der Waals surface area contributed by atoms with Crippen molar-refractivity contribution < 1.29 is 15.0 Å². The van der Waals surface area contributed by atoms with Gasteiger partial charge in [0.2, 0.25) is 0 Å². The Bertz CT molecular complexity index is 665. The van der Waals surface area contributed by atoms with Crippen LogP contribution in [0.5, 0.6) is 5.75 Å². The molecule has 2 aromatic rings. The average molecular weight is 283 g/mol. The molecule has 0 fully saturated rings. The largest absolute Gasteiger partial charge is 0.508 e. The van der Waals surface area contributed by atoms with Gasteiger partial charge in [-0.15, -0.1) is 0 Å². The predicted octanol–water partition coefficient (Wildman–Crippen LogP) is 2.23. The molecule has 0 spiro atoms. The number of rotatable bonds is 4. The first-order valence-electron chi connectivity index (χ1n) is 6.51. The molecular weight excluding hydrogens is 266 g/mol. The van der Waals surface area contributed by atoms with Gasteiger partial charge in [0.15, 0.2) is 0 Å². The average Bonchev–Trinajstić information content (AvgIpc) is 2.52. The monoisotopic (exact) mass is 283 g/mol. The number of hydrogen-bond donors (Lipinski definition) is 3. The standard InChI is InChI=1S/C17H17NO3/c1-11(17(21)18-2)13-8-14(10-15(19)9-13)16(20)12-6-4-3-5-7-12/h3-10,16,19-20H,1H2,2H3,(H,18,21)/t16-/m0/s1. The number of carbonyl (C=O) groups is 1. The maximum Gasteiger partial charge on any atom is 0.251 e. The number of phenolic OH excluding ortho intramolecular Hbond substituents is 1. The molecule has 2 rings (SSSR count). The van der Waals surface area contributed by atoms with Gasteiger partial charge in [-0.2, -0.15) is 0 Å². The molecular formula is C17H17NO3. The summed E-state index contributed by atoms with van der Waals surface area (Å²) in [5, 5.41) is 22.7. The van der Waals surface area contributed by atoms with Crippen LogP contribution in [0.25, 0.3) is 5.57 Å². The zero-order valence-electron chi connectivity index (χ0n) is 11.7. The van der Waals surface area contributed by atoms with Crippen LogP contribution in [0.2, 0.25) is 0 Å². The molecule has 0 aliphatic heterocycles. The van der Waals surface area contributed by atoms with E-state index < -0.39 is 6.10 Å². The molecule has 4 nitrogen and oxygen atoms in total. The van der Waals surface area contributed by atoms with Crippen LogP contribution in [0.15, 0.2) is 55.1 Å². The van der Waals surface area contributed by atoms with Gasteiger partial charge >= 0.3 is 0 Å². The van der Waals surface area contributed by atoms with Crippen LogP contribution in [0.3, 0.4) is 0 Å². The Hall–Kier alpha value is -2.59. The molecule has 1 amide bonds. The van der Waals surface area contributed by atoms with Crippen LogP contribution in [-0.2, 0) is 4.79 Å². The number of aliphatic hydroxyl groups excluding tert-OH is 1. The van der Waals surface area contributed by atoms with Crippen molar-refractivity contribution in [2.45, 2.75) is 6.10 Å². The second-order valence-corrected chi connectivity index (χ2v) is 4.68. The highest BCUT2D eigenvalue weighted by Gasteiger charge is 2.15. The van der Waals surface area contributed by atoms with Crippen LogP contribution >= 0.6 is 0 Å². The lowest BCUT2D eigenvalue weighted by atomic mass is 9.97. The van der Waals surface area contributed by atoms with E-state index in [2.05, 4.69) is 11.9 Å². The summed E-state index contributed by atoms with van der Waals surface area (Å²) < 4.78 is 0. The van der Waals surface area contributed by atoms with Gasteiger partial charge in [-0.25, -0.2) is 0 Å². The quantitative estimate of drug-likeness (QED) is 0.754. The smallest absolute Gasteiger partial charge is 0.251 e. The molecule has 3 N–H and O–H groups in total. The van der Waals surface area contributed by atoms with Gasteiger partial charge in [0.05, 0.1) is 0 Å². The third-order valence-corrected chi connectivity index (χ3v) is 3.22. The van der Waals surface area contributed by atoms with E-state index >= 15 is 0 Å². The van der Waals surface area contributed by atoms with Crippen LogP contribution in [-0.4, -0.2) is 23.2 Å². The fraction of sp³-hybridized carbons (Fsp3) is 0.118. The number of phenols is 1. The SMILES string of the molecule is C=C(C(=O)NC)c1cc(O)cc([C@@H](O)c2ccccc2)c1. The summed E-state index contributed by atoms with van der Waals surface area (Å²) in [6.07, 6.45) is -0.880. The third kappa shape index (κ3) is 3.30. The fourth-order valence-electron chi connectivity index (χ4n) is 2.08. The van der Waals surface area contributed by atoms with Crippen molar-refractivity contribution in [2.75, 3.05) is 7.05 Å². The van der Waals surface area contributed by atoms with Gasteiger partial charge in [-0.1, -0.05) is 36.9 Å². The lowest BCUT2D eigenvalue weighted by Crippen LogP contribution is -2.18. The number of nitrogens with one attached hydrogen (secondary N) is 1. The number of aliphatic hydroxyl groups is 1. The van der Waals surface area contributed by atoms with E-state index in [1.165, 1.54) is 19.2 Å². The summed E-state index contributed by atoms with van der Waals surface area (Å²) in [6, 6.07) is 13.7. The summed E-state index contributed by atoms with van der Waals surface area (Å²) >= 11 is 0. The van der Waals surface area contributed by atoms with E-state index in [-0.39, 0.29) is 17.2 Å². The van der Waals surface area contributed by atoms with Gasteiger partial charge < -0.3 is 15.5 Å². The molecule has 0 aromatic heterocycles. The van der Waals surface area contributed by atoms with E-state index in [0.717, 1.165) is 0 Å². The Balaban J connectivity index is 2.40. The van der Waals surface area contributed by atoms with Gasteiger partial charge in [-0.05, 0) is 34.9 Å². The Kier molecular flexibility index (Phi) is 4.40. The summed E-state index contributed by atoms with van der Waals surface area (Å²) in [5.74, 6) is -0.358. The minimum Gasteiger partial charge on any atom is -0.508 e. The van der Waals surface area contributed by atoms with Crippen molar-refractivity contribution in [3.63, 3.8) is 0 Å². The topological polar surface area (TPSA) is 69.6 Å². The molecule has 21 heavy (non-hydrogen) atoms. The van der Waals surface area contributed by atoms with Crippen LogP contribution in [0, 0.1) is 0 Å². The zero-order valence-corrected chi connectivity index (χ0v) is 11.7. The van der Waals surface area contributed by atoms with Crippen molar-refractivity contribution in [3.8, 4) is 5.75 Å². The number of amides is 1. The third-order valence-electron chi connectivity index (χ3n) is 3.22. The van der Waals surface area contributed by atoms with E-state index in [1.54, 1.807) is 18.2 Å². The van der Waals surface area contributed by atoms with Crippen LogP contribution < -0.4 is 5.32 Å². The first kappa shape index (κ1) is 14.8. The molecule has 0 radical (unpaired) electrons. The summed E-state index contributed by atoms with van der Waals surface area (Å²) in [7, 11) is 1.51. The first-order valence-corrected chi connectivity index (χ1v) is 6.51. The lowest BCUT2D eigenvalue weighted by molar-refractivity contribution is -0.115. The molecule has 0 bridgehead atoms. The van der Waals surface area contributed by atoms with Crippen molar-refractivity contribution >= 4 is 11.5 Å². The van der Waals surface area contributed by atoms with E-state index in [0.29, 0.717) is 16.7 Å². The van der Waals surface area contributed by atoms with Gasteiger partial charge in [0, 0.05) is 12.6 Å². The van der Waals surface area contributed by atoms with Gasteiger partial charge in [0.25, 0.3) is 5.91 Å². The van der Waals surface area contributed by atoms with Gasteiger partial charge in [-0.3, -0.25) is 4.79 Å². The molecule has 108 valence electrons. The lowest BCUT2D eigenvalue weighted by Gasteiger charge is -2.14. The number of hydrogen-bond acceptors (Lipinski definition) is 3. The second-order valence-electron chi connectivity index (χ2n) is 4.68. The minimum atomic E-state index is -0.880. The Labute approximate surface area is 123 Å². The van der Waals surface area contributed by atoms with Crippen LogP contribution in [0.1, 0.15) is 22.8 Å². The van der Waals surface area contributed by atoms with E-state index in [9.17, 15) is 15.0 Å². The molecule has 0 saturated heterocycles. The number of likely N-dealkylation sites (N-methyl/N-ethyl adjacent to an activating group) is 1. The molecule has 2 aromatic carbocycles. The number of benzene rings is 2. The minimum absolute atomic E-state index is 0.0254. The highest BCUT2D eigenvalue weighted by atomic mass is 16.3. The second kappa shape index (κ2) is 6.24. The Morgan fingerprint density at radius 2 is 1.81 bits per heavy atom. The first-order chi connectivity index (χ1) is 10.0. The maximum atomic E-state index is 11.6. The highest BCUT2D eigenvalue weighted by Crippen LogP contribution is 2.28. The maximum absolute atomic E-state index is 11.6. The number of aromatic hydroxyl groups is 1. The summed E-state index contributed by atoms with van der Waals surface area (Å²) in [5.41, 5.74) is 1.91. The predicted molar refractivity (Wildman–Crippen MR) is 81.7 cm³/mol. The number of carbonyl (C=O) groups excluding carboxylic acids is 1. The summed E-state index contributed by atoms with van der Waals surface area (Å²) in [4.78, 5) is 11.6. The van der Waals surface area contributed by atoms with E-state index in [4.69, 9.17) is 0 Å². The normalized spacial score (nSPS) is 11.7. The van der Waals surface area contributed by atoms with Crippen molar-refractivity contribution in [1.29, 1.82) is 0 Å². The van der Waals surface area contributed by atoms with Crippen LogP contribution in [0.4, 0.5) is 0 Å². The Morgan fingerprint density at radius 1 is 1.14 bits per heavy atom. The molecule has 0 aliphatic carbocycles. The van der Waals surface area contributed by atoms with Crippen molar-refractivity contribution in [2.24, 2.45) is 0 Å². The Morgan fingerprint density at radius 3 is 2.43 bits per heavy atom. The molecule has 0 unspecified atom stereocenters. The van der Waals surface area contributed by atoms with Crippen molar-refractivity contribution in [3.05, 3.63) is 71.8 Å². The molecule has 1 atom stereocenters. The zero-order chi connectivity index (χ0) is 15.4. The highest BCUT2D eigenvalue weighted by molar-refractivity contribution is 6.18. The molecule has 4 heteroatoms. The summed E-state index contributed by atoms with van der Waals surface area (Å²) in [6.45, 7) is 3.71. The van der Waals surface area contributed by atoms with Gasteiger partial charge in [0.1, 0.15) is 11.9 Å². The fourth-order valence-corrected chi connectivity index (χ4v) is 2.08. The molecule has 0 heterocycles. The molecule has 0 aliphatic rings. The van der Waals surface area contributed by atoms with E-state index in [1.807, 2.05) is 18.2 Å². The van der Waals surface area contributed by atoms with Crippen molar-refractivity contribution in [1.82, 2.24) is 5.32 Å². The molecule has 0 saturated carbocycles.